The molecule has 0 atom stereocenters. The van der Waals surface area contributed by atoms with Gasteiger partial charge in [-0.3, -0.25) is 0 Å². The predicted octanol–water partition coefficient (Wildman–Crippen LogP) is 2.71. The molecule has 2 rings (SSSR count). The number of aromatic nitrogens is 2. The number of thiazole rings is 1. The molecule has 0 aliphatic rings. The van der Waals surface area contributed by atoms with Crippen LogP contribution in [0.1, 0.15) is 26.6 Å². The second-order valence-electron chi connectivity index (χ2n) is 3.61. The number of carbonyl (C=O) groups is 1. The van der Waals surface area contributed by atoms with E-state index in [-0.39, 0.29) is 4.88 Å². The molecule has 0 unspecified atom stereocenters. The summed E-state index contributed by atoms with van der Waals surface area (Å²) >= 11 is 2.56. The molecule has 0 bridgehead atoms. The molecule has 0 aromatic carbocycles. The van der Waals surface area contributed by atoms with Gasteiger partial charge in [-0.25, -0.2) is 14.8 Å². The zero-order valence-electron chi connectivity index (χ0n) is 9.95. The van der Waals surface area contributed by atoms with Crippen LogP contribution < -0.4 is 0 Å². The fourth-order valence-corrected chi connectivity index (χ4v) is 3.44. The van der Waals surface area contributed by atoms with Crippen molar-refractivity contribution in [1.82, 2.24) is 9.97 Å². The van der Waals surface area contributed by atoms with Crippen molar-refractivity contribution in [2.45, 2.75) is 17.0 Å². The summed E-state index contributed by atoms with van der Waals surface area (Å²) in [5.41, 5.74) is 1.73. The molecule has 0 aliphatic heterocycles. The van der Waals surface area contributed by atoms with Crippen LogP contribution in [0.4, 0.5) is 0 Å². The number of rotatable bonds is 4. The lowest BCUT2D eigenvalue weighted by molar-refractivity contribution is 0.0701. The van der Waals surface area contributed by atoms with E-state index in [1.165, 1.54) is 11.8 Å². The Kier molecular flexibility index (Phi) is 4.14. The van der Waals surface area contributed by atoms with E-state index < -0.39 is 5.97 Å². The Labute approximate surface area is 117 Å². The Bertz CT molecular complexity index is 661. The Balaban J connectivity index is 2.13. The normalized spacial score (nSPS) is 10.1. The summed E-state index contributed by atoms with van der Waals surface area (Å²) in [6.07, 6.45) is 1.57. The molecule has 19 heavy (non-hydrogen) atoms. The van der Waals surface area contributed by atoms with E-state index >= 15 is 0 Å². The largest absolute Gasteiger partial charge is 0.477 e. The highest BCUT2D eigenvalue weighted by Crippen LogP contribution is 2.30. The molecule has 2 aromatic heterocycles. The van der Waals surface area contributed by atoms with Crippen LogP contribution >= 0.6 is 23.1 Å². The molecule has 0 saturated carbocycles. The van der Waals surface area contributed by atoms with Crippen LogP contribution in [0.15, 0.2) is 22.7 Å². The molecule has 0 radical (unpaired) electrons. The third kappa shape index (κ3) is 3.10. The number of carboxylic acid groups (broad SMARTS) is 1. The minimum absolute atomic E-state index is 0.259. The maximum Gasteiger partial charge on any atom is 0.347 e. The molecule has 0 spiro atoms. The first-order valence-corrected chi connectivity index (χ1v) is 7.09. The van der Waals surface area contributed by atoms with Crippen molar-refractivity contribution >= 4 is 29.1 Å². The Morgan fingerprint density at radius 2 is 2.42 bits per heavy atom. The van der Waals surface area contributed by atoms with E-state index in [4.69, 9.17) is 10.4 Å². The monoisotopic (exact) mass is 291 g/mol. The van der Waals surface area contributed by atoms with Gasteiger partial charge in [-0.15, -0.1) is 11.3 Å². The first-order chi connectivity index (χ1) is 9.11. The summed E-state index contributed by atoms with van der Waals surface area (Å²) in [5.74, 6) is -0.413. The van der Waals surface area contributed by atoms with Crippen molar-refractivity contribution in [2.24, 2.45) is 0 Å². The van der Waals surface area contributed by atoms with Crippen molar-refractivity contribution in [1.29, 1.82) is 5.26 Å². The summed E-state index contributed by atoms with van der Waals surface area (Å²) in [5, 5.41) is 17.9. The molecule has 2 heterocycles. The number of thioether (sulfide) groups is 1. The predicted molar refractivity (Wildman–Crippen MR) is 72.3 cm³/mol. The van der Waals surface area contributed by atoms with Crippen molar-refractivity contribution in [2.75, 3.05) is 0 Å². The maximum absolute atomic E-state index is 10.9. The second kappa shape index (κ2) is 5.82. The molecule has 2 aromatic rings. The van der Waals surface area contributed by atoms with Crippen molar-refractivity contribution in [3.8, 4) is 6.07 Å². The van der Waals surface area contributed by atoms with Gasteiger partial charge in [0.15, 0.2) is 4.34 Å². The first-order valence-electron chi connectivity index (χ1n) is 5.29. The fourth-order valence-electron chi connectivity index (χ4n) is 1.43. The van der Waals surface area contributed by atoms with Crippen molar-refractivity contribution < 1.29 is 9.90 Å². The number of hydrogen-bond acceptors (Lipinski definition) is 6. The van der Waals surface area contributed by atoms with E-state index in [2.05, 4.69) is 9.97 Å². The van der Waals surface area contributed by atoms with Gasteiger partial charge in [-0.2, -0.15) is 5.26 Å². The minimum atomic E-state index is -0.957. The van der Waals surface area contributed by atoms with Crippen molar-refractivity contribution in [3.05, 3.63) is 40.2 Å². The molecule has 7 heteroatoms. The van der Waals surface area contributed by atoms with Gasteiger partial charge >= 0.3 is 5.97 Å². The average Bonchev–Trinajstić information content (AvgIpc) is 2.78. The molecule has 0 saturated heterocycles. The zero-order valence-corrected chi connectivity index (χ0v) is 11.6. The summed E-state index contributed by atoms with van der Waals surface area (Å²) in [6.45, 7) is 1.68. The van der Waals surface area contributed by atoms with Gasteiger partial charge in [0.05, 0.1) is 5.69 Å². The highest BCUT2D eigenvalue weighted by molar-refractivity contribution is 8.00. The van der Waals surface area contributed by atoms with Crippen LogP contribution in [0.25, 0.3) is 0 Å². The minimum Gasteiger partial charge on any atom is -0.477 e. The SMILES string of the molecule is Cc1nc(SCc2cccnc2C#N)sc1C(=O)O. The first kappa shape index (κ1) is 13.5. The zero-order chi connectivity index (χ0) is 13.8. The smallest absolute Gasteiger partial charge is 0.347 e. The van der Waals surface area contributed by atoms with Gasteiger partial charge in [0, 0.05) is 11.9 Å². The summed E-state index contributed by atoms with van der Waals surface area (Å²) in [6, 6.07) is 5.63. The second-order valence-corrected chi connectivity index (χ2v) is 5.83. The highest BCUT2D eigenvalue weighted by atomic mass is 32.2. The van der Waals surface area contributed by atoms with Crippen LogP contribution in [0.2, 0.25) is 0 Å². The molecule has 0 amide bonds. The van der Waals surface area contributed by atoms with E-state index in [9.17, 15) is 4.79 Å². The number of hydrogen-bond donors (Lipinski definition) is 1. The van der Waals surface area contributed by atoms with Crippen LogP contribution in [-0.4, -0.2) is 21.0 Å². The number of carboxylic acids is 1. The van der Waals surface area contributed by atoms with Gasteiger partial charge in [0.25, 0.3) is 0 Å². The van der Waals surface area contributed by atoms with Crippen molar-refractivity contribution in [3.63, 3.8) is 0 Å². The quantitative estimate of drug-likeness (QED) is 0.871. The van der Waals surface area contributed by atoms with Gasteiger partial charge < -0.3 is 5.11 Å². The summed E-state index contributed by atoms with van der Waals surface area (Å²) in [4.78, 5) is 19.4. The molecule has 96 valence electrons. The number of nitrogens with zero attached hydrogens (tertiary/aromatic N) is 3. The third-order valence-corrected chi connectivity index (χ3v) is 4.66. The van der Waals surface area contributed by atoms with Crippen LogP contribution in [0.3, 0.4) is 0 Å². The van der Waals surface area contributed by atoms with Gasteiger partial charge in [-0.05, 0) is 18.6 Å². The average molecular weight is 291 g/mol. The van der Waals surface area contributed by atoms with E-state index in [0.717, 1.165) is 16.9 Å². The lowest BCUT2D eigenvalue weighted by atomic mass is 10.2. The highest BCUT2D eigenvalue weighted by Gasteiger charge is 2.14. The summed E-state index contributed by atoms with van der Waals surface area (Å²) < 4.78 is 0.683. The van der Waals surface area contributed by atoms with E-state index in [1.807, 2.05) is 12.1 Å². The Hall–Kier alpha value is -1.91. The molecular weight excluding hydrogens is 282 g/mol. The molecule has 0 fully saturated rings. The standard InChI is InChI=1S/C12H9N3O2S2/c1-7-10(11(16)17)19-12(15-7)18-6-8-3-2-4-14-9(8)5-13/h2-4H,6H2,1H3,(H,16,17). The summed E-state index contributed by atoms with van der Waals surface area (Å²) in [7, 11) is 0. The lowest BCUT2D eigenvalue weighted by Gasteiger charge is -2.00. The van der Waals surface area contributed by atoms with Gasteiger partial charge in [-0.1, -0.05) is 17.8 Å². The van der Waals surface area contributed by atoms with Crippen LogP contribution in [-0.2, 0) is 5.75 Å². The molecule has 0 aliphatic carbocycles. The molecular formula is C12H9N3O2S2. The molecule has 1 N–H and O–H groups in total. The Morgan fingerprint density at radius 1 is 1.63 bits per heavy atom. The van der Waals surface area contributed by atoms with Crippen LogP contribution in [0.5, 0.6) is 0 Å². The maximum atomic E-state index is 10.9. The number of pyridine rings is 1. The van der Waals surface area contributed by atoms with Crippen LogP contribution in [0, 0.1) is 18.3 Å². The number of aryl methyl sites for hydroxylation is 1. The number of aromatic carboxylic acids is 1. The van der Waals surface area contributed by atoms with Gasteiger partial charge in [0.1, 0.15) is 16.6 Å². The number of nitriles is 1. The molecule has 5 nitrogen and oxygen atoms in total. The Morgan fingerprint density at radius 3 is 3.05 bits per heavy atom. The van der Waals surface area contributed by atoms with Gasteiger partial charge in [0.2, 0.25) is 0 Å². The lowest BCUT2D eigenvalue weighted by Crippen LogP contribution is -1.94. The van der Waals surface area contributed by atoms with E-state index in [1.54, 1.807) is 19.2 Å². The third-order valence-electron chi connectivity index (χ3n) is 2.32. The van der Waals surface area contributed by atoms with E-state index in [0.29, 0.717) is 21.5 Å². The topological polar surface area (TPSA) is 86.9 Å². The fraction of sp³-hybridized carbons (Fsp3) is 0.167.